The molecule has 7 nitrogen and oxygen atoms in total. The second kappa shape index (κ2) is 8.84. The summed E-state index contributed by atoms with van der Waals surface area (Å²) in [6, 6.07) is 9.34. The van der Waals surface area contributed by atoms with E-state index in [9.17, 15) is 19.6 Å². The molecule has 3 heterocycles. The highest BCUT2D eigenvalue weighted by molar-refractivity contribution is 6.43. The quantitative estimate of drug-likeness (QED) is 0.503. The lowest BCUT2D eigenvalue weighted by Crippen LogP contribution is -2.48. The molecule has 3 aromatic rings. The van der Waals surface area contributed by atoms with Crippen molar-refractivity contribution in [1.29, 1.82) is 0 Å². The number of para-hydroxylation sites is 1. The number of carbonyl (C=O) groups is 2. The Hall–Kier alpha value is -2.84. The molecular formula is C25H29BN2O5. The summed E-state index contributed by atoms with van der Waals surface area (Å²) < 4.78 is 7.50. The average molecular weight is 448 g/mol. The molecule has 0 radical (unpaired) electrons. The van der Waals surface area contributed by atoms with Crippen molar-refractivity contribution >= 4 is 29.8 Å². The van der Waals surface area contributed by atoms with Crippen LogP contribution in [0.5, 0.6) is 0 Å². The molecule has 1 atom stereocenters. The molecule has 1 spiro atoms. The third-order valence-electron chi connectivity index (χ3n) is 7.38. The van der Waals surface area contributed by atoms with E-state index in [0.29, 0.717) is 11.3 Å². The van der Waals surface area contributed by atoms with Crippen LogP contribution in [0.15, 0.2) is 47.2 Å². The summed E-state index contributed by atoms with van der Waals surface area (Å²) >= 11 is 0. The van der Waals surface area contributed by atoms with E-state index >= 15 is 0 Å². The molecule has 2 aliphatic rings. The zero-order valence-corrected chi connectivity index (χ0v) is 18.6. The van der Waals surface area contributed by atoms with Crippen LogP contribution in [0, 0.1) is 5.41 Å². The van der Waals surface area contributed by atoms with Gasteiger partial charge in [0.1, 0.15) is 5.58 Å². The van der Waals surface area contributed by atoms with Crippen LogP contribution in [-0.4, -0.2) is 39.4 Å². The standard InChI is InChI=1S/C25H29BN2O5/c29-23(27-22(26(31)32)14-18-16-33-21-7-3-2-6-19(18)21)13-17-12-20-24(30)25(8-4-1-5-9-25)10-11-28(20)15-17/h2-3,6-7,12,15-16,22,31-32H,1,4-5,8-11,13-14H2,(H,27,29)/t22-/m0/s1. The number of carbonyl (C=O) groups excluding carboxylic acids is 2. The summed E-state index contributed by atoms with van der Waals surface area (Å²) in [6.07, 6.45) is 10.00. The highest BCUT2D eigenvalue weighted by Gasteiger charge is 2.43. The van der Waals surface area contributed by atoms with Gasteiger partial charge in [0, 0.05) is 23.5 Å². The fourth-order valence-corrected chi connectivity index (χ4v) is 5.57. The lowest BCUT2D eigenvalue weighted by Gasteiger charge is -2.39. The normalized spacial score (nSPS) is 18.3. The Kier molecular flexibility index (Phi) is 5.89. The van der Waals surface area contributed by atoms with Crippen molar-refractivity contribution in [3.63, 3.8) is 0 Å². The molecule has 1 fully saturated rings. The number of Topliss-reactive ketones (excluding diaryl/α,β-unsaturated/α-hetero) is 1. The van der Waals surface area contributed by atoms with Crippen molar-refractivity contribution in [3.05, 3.63) is 59.6 Å². The van der Waals surface area contributed by atoms with Crippen molar-refractivity contribution in [2.75, 3.05) is 0 Å². The Morgan fingerprint density at radius 3 is 2.76 bits per heavy atom. The minimum absolute atomic E-state index is 0.0790. The van der Waals surface area contributed by atoms with Crippen LogP contribution >= 0.6 is 0 Å². The second-order valence-electron chi connectivity index (χ2n) is 9.57. The molecule has 0 unspecified atom stereocenters. The maximum Gasteiger partial charge on any atom is 0.475 e. The number of benzene rings is 1. The highest BCUT2D eigenvalue weighted by atomic mass is 16.4. The fourth-order valence-electron chi connectivity index (χ4n) is 5.57. The van der Waals surface area contributed by atoms with Gasteiger partial charge in [-0.2, -0.15) is 0 Å². The van der Waals surface area contributed by atoms with Gasteiger partial charge in [0.25, 0.3) is 0 Å². The van der Waals surface area contributed by atoms with E-state index in [1.54, 1.807) is 6.26 Å². The van der Waals surface area contributed by atoms with Crippen molar-refractivity contribution in [3.8, 4) is 0 Å². The molecule has 33 heavy (non-hydrogen) atoms. The summed E-state index contributed by atoms with van der Waals surface area (Å²) in [4.78, 5) is 26.0. The molecule has 0 saturated heterocycles. The van der Waals surface area contributed by atoms with Gasteiger partial charge in [-0.3, -0.25) is 9.59 Å². The molecule has 5 rings (SSSR count). The van der Waals surface area contributed by atoms with Crippen LogP contribution in [0.1, 0.15) is 60.1 Å². The zero-order valence-electron chi connectivity index (χ0n) is 18.6. The van der Waals surface area contributed by atoms with Crippen molar-refractivity contribution in [2.24, 2.45) is 5.41 Å². The summed E-state index contributed by atoms with van der Waals surface area (Å²) in [7, 11) is -1.71. The minimum atomic E-state index is -1.71. The van der Waals surface area contributed by atoms with Gasteiger partial charge in [0.15, 0.2) is 5.78 Å². The number of rotatable bonds is 6. The number of fused-ring (bicyclic) bond motifs is 2. The van der Waals surface area contributed by atoms with Gasteiger partial charge >= 0.3 is 7.12 Å². The maximum absolute atomic E-state index is 13.2. The first-order valence-corrected chi connectivity index (χ1v) is 11.8. The van der Waals surface area contributed by atoms with E-state index in [1.807, 2.05) is 41.1 Å². The first-order valence-electron chi connectivity index (χ1n) is 11.8. The summed E-state index contributed by atoms with van der Waals surface area (Å²) in [5.41, 5.74) is 2.76. The van der Waals surface area contributed by atoms with Gasteiger partial charge in [-0.15, -0.1) is 0 Å². The molecule has 1 aliphatic carbocycles. The SMILES string of the molecule is O=C(Cc1cc2n(c1)CCC1(CCCCC1)C2=O)N[C@@H](Cc1coc2ccccc12)B(O)O. The third-order valence-corrected chi connectivity index (χ3v) is 7.38. The maximum atomic E-state index is 13.2. The summed E-state index contributed by atoms with van der Waals surface area (Å²) in [5, 5.41) is 23.4. The van der Waals surface area contributed by atoms with Gasteiger partial charge in [-0.1, -0.05) is 37.5 Å². The first kappa shape index (κ1) is 22.0. The number of aryl methyl sites for hydroxylation is 1. The van der Waals surface area contributed by atoms with E-state index in [1.165, 1.54) is 6.42 Å². The summed E-state index contributed by atoms with van der Waals surface area (Å²) in [5.74, 6) is -0.970. The van der Waals surface area contributed by atoms with Crippen LogP contribution in [-0.2, 0) is 24.2 Å². The second-order valence-corrected chi connectivity index (χ2v) is 9.57. The Labute approximate surface area is 192 Å². The smallest absolute Gasteiger partial charge is 0.464 e. The van der Waals surface area contributed by atoms with Crippen LogP contribution in [0.25, 0.3) is 11.0 Å². The average Bonchev–Trinajstić information content (AvgIpc) is 3.41. The molecule has 172 valence electrons. The van der Waals surface area contributed by atoms with Crippen molar-refractivity contribution in [2.45, 2.75) is 63.9 Å². The van der Waals surface area contributed by atoms with Crippen LogP contribution in [0.2, 0.25) is 0 Å². The molecule has 0 bridgehead atoms. The predicted molar refractivity (Wildman–Crippen MR) is 125 cm³/mol. The predicted octanol–water partition coefficient (Wildman–Crippen LogP) is 3.05. The first-order chi connectivity index (χ1) is 15.9. The lowest BCUT2D eigenvalue weighted by molar-refractivity contribution is -0.120. The van der Waals surface area contributed by atoms with Gasteiger partial charge < -0.3 is 24.3 Å². The van der Waals surface area contributed by atoms with E-state index in [2.05, 4.69) is 5.32 Å². The van der Waals surface area contributed by atoms with Crippen LogP contribution in [0.4, 0.5) is 0 Å². The van der Waals surface area contributed by atoms with E-state index in [-0.39, 0.29) is 29.9 Å². The summed E-state index contributed by atoms with van der Waals surface area (Å²) in [6.45, 7) is 0.800. The van der Waals surface area contributed by atoms with Crippen molar-refractivity contribution < 1.29 is 24.1 Å². The third kappa shape index (κ3) is 4.25. The van der Waals surface area contributed by atoms with Crippen molar-refractivity contribution in [1.82, 2.24) is 9.88 Å². The molecule has 3 N–H and O–H groups in total. The number of nitrogens with one attached hydrogen (secondary N) is 1. The van der Waals surface area contributed by atoms with E-state index in [0.717, 1.165) is 55.2 Å². The molecule has 2 aromatic heterocycles. The van der Waals surface area contributed by atoms with Gasteiger partial charge in [0.05, 0.1) is 24.3 Å². The van der Waals surface area contributed by atoms with E-state index in [4.69, 9.17) is 4.42 Å². The highest BCUT2D eigenvalue weighted by Crippen LogP contribution is 2.45. The largest absolute Gasteiger partial charge is 0.475 e. The number of aromatic nitrogens is 1. The number of nitrogens with zero attached hydrogens (tertiary/aromatic N) is 1. The van der Waals surface area contributed by atoms with Gasteiger partial charge in [0.2, 0.25) is 5.91 Å². The Morgan fingerprint density at radius 1 is 1.18 bits per heavy atom. The molecular weight excluding hydrogens is 419 g/mol. The molecule has 8 heteroatoms. The lowest BCUT2D eigenvalue weighted by atomic mass is 9.67. The number of ketones is 1. The topological polar surface area (TPSA) is 105 Å². The number of furan rings is 1. The molecule has 1 aromatic carbocycles. The zero-order chi connectivity index (χ0) is 23.0. The number of hydrogen-bond donors (Lipinski definition) is 3. The minimum Gasteiger partial charge on any atom is -0.464 e. The Morgan fingerprint density at radius 2 is 1.97 bits per heavy atom. The van der Waals surface area contributed by atoms with E-state index < -0.39 is 13.1 Å². The number of hydrogen-bond acceptors (Lipinski definition) is 5. The van der Waals surface area contributed by atoms with Gasteiger partial charge in [-0.05, 0) is 48.9 Å². The Bertz CT molecular complexity index is 1170. The number of amides is 1. The Balaban J connectivity index is 1.27. The molecule has 1 amide bonds. The van der Waals surface area contributed by atoms with Gasteiger partial charge in [-0.25, -0.2) is 0 Å². The van der Waals surface area contributed by atoms with Crippen LogP contribution in [0.3, 0.4) is 0 Å². The fraction of sp³-hybridized carbons (Fsp3) is 0.440. The monoisotopic (exact) mass is 448 g/mol. The van der Waals surface area contributed by atoms with Crippen LogP contribution < -0.4 is 5.32 Å². The molecule has 1 saturated carbocycles. The molecule has 1 aliphatic heterocycles.